The molecule has 1 aliphatic carbocycles. The summed E-state index contributed by atoms with van der Waals surface area (Å²) in [6.45, 7) is 0. The van der Waals surface area contributed by atoms with E-state index >= 15 is 0 Å². The molecule has 1 fully saturated rings. The summed E-state index contributed by atoms with van der Waals surface area (Å²) in [5.74, 6) is 1.01. The van der Waals surface area contributed by atoms with Crippen molar-refractivity contribution in [1.29, 1.82) is 0 Å². The topological polar surface area (TPSA) is 77.1 Å². The van der Waals surface area contributed by atoms with E-state index in [0.717, 1.165) is 42.6 Å². The van der Waals surface area contributed by atoms with Crippen LogP contribution in [0, 0.1) is 0 Å². The van der Waals surface area contributed by atoms with Crippen LogP contribution in [-0.2, 0) is 4.79 Å². The lowest BCUT2D eigenvalue weighted by molar-refractivity contribution is -0.119. The van der Waals surface area contributed by atoms with E-state index in [4.69, 9.17) is 14.2 Å². The molecule has 1 N–H and O–H groups in total. The van der Waals surface area contributed by atoms with Gasteiger partial charge in [0.1, 0.15) is 17.2 Å². The van der Waals surface area contributed by atoms with Gasteiger partial charge in [0.15, 0.2) is 0 Å². The van der Waals surface area contributed by atoms with E-state index < -0.39 is 12.0 Å². The molecule has 5 rings (SSSR count). The zero-order chi connectivity index (χ0) is 26.6. The van der Waals surface area contributed by atoms with Gasteiger partial charge < -0.3 is 24.4 Å². The van der Waals surface area contributed by atoms with Gasteiger partial charge in [-0.1, -0.05) is 49.6 Å². The molecular weight excluding hydrogens is 480 g/mol. The van der Waals surface area contributed by atoms with Gasteiger partial charge in [-0.25, -0.2) is 0 Å². The molecule has 0 saturated heterocycles. The molecule has 7 nitrogen and oxygen atoms in total. The normalized spacial score (nSPS) is 19.4. The summed E-state index contributed by atoms with van der Waals surface area (Å²) in [5.41, 5.74) is 2.73. The number of nitrogens with one attached hydrogen (secondary N) is 1. The van der Waals surface area contributed by atoms with Crippen molar-refractivity contribution in [2.45, 2.75) is 50.1 Å². The Hall–Kier alpha value is -4.00. The number of hydrogen-bond acceptors (Lipinski definition) is 5. The minimum atomic E-state index is -0.630. The van der Waals surface area contributed by atoms with E-state index in [2.05, 4.69) is 5.32 Å². The third-order valence-corrected chi connectivity index (χ3v) is 7.75. The fourth-order valence-corrected chi connectivity index (χ4v) is 5.87. The van der Waals surface area contributed by atoms with Crippen molar-refractivity contribution in [1.82, 2.24) is 4.90 Å². The minimum Gasteiger partial charge on any atom is -0.497 e. The first kappa shape index (κ1) is 25.6. The van der Waals surface area contributed by atoms with Crippen molar-refractivity contribution in [3.8, 4) is 17.2 Å². The SMILES string of the molecule is COc1ccc([C@H]2[C@H](C(=O)Nc3cc(OC)ccc3OC)c3ccccc3C(=O)N2C2CCCCC2)cc1. The lowest BCUT2D eigenvalue weighted by Gasteiger charge is -2.46. The predicted octanol–water partition coefficient (Wildman–Crippen LogP) is 5.96. The second-order valence-electron chi connectivity index (χ2n) is 9.84. The van der Waals surface area contributed by atoms with Crippen LogP contribution in [0.1, 0.15) is 65.5 Å². The van der Waals surface area contributed by atoms with E-state index in [1.54, 1.807) is 39.5 Å². The van der Waals surface area contributed by atoms with Crippen molar-refractivity contribution in [2.75, 3.05) is 26.6 Å². The van der Waals surface area contributed by atoms with Crippen LogP contribution < -0.4 is 19.5 Å². The second kappa shape index (κ2) is 11.2. The van der Waals surface area contributed by atoms with E-state index in [1.165, 1.54) is 6.42 Å². The average molecular weight is 515 g/mol. The van der Waals surface area contributed by atoms with Crippen LogP contribution >= 0.6 is 0 Å². The number of carbonyl (C=O) groups is 2. The molecule has 3 aromatic carbocycles. The maximum Gasteiger partial charge on any atom is 0.254 e. The number of hydrogen-bond donors (Lipinski definition) is 1. The molecule has 1 heterocycles. The van der Waals surface area contributed by atoms with Gasteiger partial charge in [-0.2, -0.15) is 0 Å². The van der Waals surface area contributed by atoms with Gasteiger partial charge >= 0.3 is 0 Å². The largest absolute Gasteiger partial charge is 0.497 e. The summed E-state index contributed by atoms with van der Waals surface area (Å²) in [6, 6.07) is 20.1. The highest BCUT2D eigenvalue weighted by molar-refractivity contribution is 6.05. The van der Waals surface area contributed by atoms with Gasteiger partial charge in [0.25, 0.3) is 5.91 Å². The van der Waals surface area contributed by atoms with E-state index in [-0.39, 0.29) is 17.9 Å². The molecule has 38 heavy (non-hydrogen) atoms. The standard InChI is InChI=1S/C31H34N2O5/c1-36-22-15-13-20(14-16-22)29-28(30(34)32-26-19-23(37-2)17-18-27(26)38-3)24-11-7-8-12-25(24)31(35)33(29)21-9-5-4-6-10-21/h7-8,11-19,21,28-29H,4-6,9-10H2,1-3H3,(H,32,34)/t28-,29+/m1/s1. The summed E-state index contributed by atoms with van der Waals surface area (Å²) < 4.78 is 16.3. The maximum atomic E-state index is 14.3. The first-order chi connectivity index (χ1) is 18.5. The highest BCUT2D eigenvalue weighted by Gasteiger charge is 2.46. The van der Waals surface area contributed by atoms with Crippen LogP contribution in [0.4, 0.5) is 5.69 Å². The Morgan fingerprint density at radius 1 is 0.842 bits per heavy atom. The summed E-state index contributed by atoms with van der Waals surface area (Å²) in [4.78, 5) is 30.3. The monoisotopic (exact) mass is 514 g/mol. The fraction of sp³-hybridized carbons (Fsp3) is 0.355. The quantitative estimate of drug-likeness (QED) is 0.421. The van der Waals surface area contributed by atoms with Crippen LogP contribution in [0.2, 0.25) is 0 Å². The first-order valence-electron chi connectivity index (χ1n) is 13.1. The van der Waals surface area contributed by atoms with Crippen molar-refractivity contribution in [3.05, 3.63) is 83.4 Å². The van der Waals surface area contributed by atoms with Crippen molar-refractivity contribution < 1.29 is 23.8 Å². The number of carbonyl (C=O) groups excluding carboxylic acids is 2. The molecule has 2 amide bonds. The Balaban J connectivity index is 1.64. The molecule has 3 aromatic rings. The molecule has 2 aliphatic rings. The van der Waals surface area contributed by atoms with E-state index in [9.17, 15) is 9.59 Å². The highest BCUT2D eigenvalue weighted by atomic mass is 16.5. The van der Waals surface area contributed by atoms with Gasteiger partial charge in [0.05, 0.1) is 39.0 Å². The van der Waals surface area contributed by atoms with E-state index in [1.807, 2.05) is 53.4 Å². The van der Waals surface area contributed by atoms with Gasteiger partial charge in [0, 0.05) is 17.7 Å². The molecule has 0 bridgehead atoms. The molecule has 198 valence electrons. The Kier molecular flexibility index (Phi) is 7.54. The summed E-state index contributed by atoms with van der Waals surface area (Å²) >= 11 is 0. The maximum absolute atomic E-state index is 14.3. The number of rotatable bonds is 7. The Labute approximate surface area is 223 Å². The fourth-order valence-electron chi connectivity index (χ4n) is 5.87. The first-order valence-corrected chi connectivity index (χ1v) is 13.1. The van der Waals surface area contributed by atoms with Crippen molar-refractivity contribution in [2.24, 2.45) is 0 Å². The summed E-state index contributed by atoms with van der Waals surface area (Å²) in [7, 11) is 4.77. The predicted molar refractivity (Wildman–Crippen MR) is 146 cm³/mol. The molecule has 0 unspecified atom stereocenters. The Morgan fingerprint density at radius 2 is 1.53 bits per heavy atom. The number of methoxy groups -OCH3 is 3. The highest BCUT2D eigenvalue weighted by Crippen LogP contribution is 2.46. The number of ether oxygens (including phenoxy) is 3. The van der Waals surface area contributed by atoms with Crippen LogP contribution in [0.3, 0.4) is 0 Å². The minimum absolute atomic E-state index is 0.0173. The molecule has 0 spiro atoms. The van der Waals surface area contributed by atoms with Gasteiger partial charge in [0.2, 0.25) is 5.91 Å². The van der Waals surface area contributed by atoms with Crippen molar-refractivity contribution >= 4 is 17.5 Å². The van der Waals surface area contributed by atoms with Crippen LogP contribution in [0.15, 0.2) is 66.7 Å². The molecule has 0 aromatic heterocycles. The average Bonchev–Trinajstić information content (AvgIpc) is 2.97. The number of fused-ring (bicyclic) bond motifs is 1. The third-order valence-electron chi connectivity index (χ3n) is 7.75. The molecule has 2 atom stereocenters. The molecule has 0 radical (unpaired) electrons. The third kappa shape index (κ3) is 4.80. The van der Waals surface area contributed by atoms with Crippen LogP contribution in [0.5, 0.6) is 17.2 Å². The van der Waals surface area contributed by atoms with Gasteiger partial charge in [-0.05, 0) is 54.3 Å². The summed E-state index contributed by atoms with van der Waals surface area (Å²) in [5, 5.41) is 3.10. The number of benzene rings is 3. The zero-order valence-corrected chi connectivity index (χ0v) is 22.1. The molecular formula is C31H34N2O5. The van der Waals surface area contributed by atoms with Crippen molar-refractivity contribution in [3.63, 3.8) is 0 Å². The summed E-state index contributed by atoms with van der Waals surface area (Å²) in [6.07, 6.45) is 5.17. The van der Waals surface area contributed by atoms with Crippen LogP contribution in [0.25, 0.3) is 0 Å². The van der Waals surface area contributed by atoms with Crippen LogP contribution in [-0.4, -0.2) is 44.1 Å². The Morgan fingerprint density at radius 3 is 2.21 bits per heavy atom. The van der Waals surface area contributed by atoms with Gasteiger partial charge in [-0.15, -0.1) is 0 Å². The molecule has 1 saturated carbocycles. The molecule has 7 heteroatoms. The zero-order valence-electron chi connectivity index (χ0n) is 22.1. The Bertz CT molecular complexity index is 1300. The second-order valence-corrected chi connectivity index (χ2v) is 9.84. The van der Waals surface area contributed by atoms with Gasteiger partial charge in [-0.3, -0.25) is 9.59 Å². The number of amides is 2. The van der Waals surface area contributed by atoms with E-state index in [0.29, 0.717) is 22.7 Å². The molecule has 1 aliphatic heterocycles. The number of anilines is 1. The lowest BCUT2D eigenvalue weighted by atomic mass is 9.77. The smallest absolute Gasteiger partial charge is 0.254 e. The number of nitrogens with zero attached hydrogens (tertiary/aromatic N) is 1. The lowest BCUT2D eigenvalue weighted by Crippen LogP contribution is -2.51.